The van der Waals surface area contributed by atoms with Gasteiger partial charge >= 0.3 is 0 Å². The van der Waals surface area contributed by atoms with Gasteiger partial charge in [-0.2, -0.15) is 0 Å². The van der Waals surface area contributed by atoms with Gasteiger partial charge in [0.05, 0.1) is 0 Å². The Hall–Kier alpha value is -1.12. The van der Waals surface area contributed by atoms with Crippen molar-refractivity contribution in [1.82, 2.24) is 5.32 Å². The van der Waals surface area contributed by atoms with Gasteiger partial charge in [-0.3, -0.25) is 0 Å². The molecule has 1 unspecified atom stereocenters. The minimum Gasteiger partial charge on any atom is -0.313 e. The summed E-state index contributed by atoms with van der Waals surface area (Å²) in [6.07, 6.45) is 1.01. The van der Waals surface area contributed by atoms with Crippen LogP contribution >= 0.6 is 15.9 Å². The SMILES string of the molecule is CNC(Cc1cc(C)cc(C)c1)c1ccc(Br)cc1. The average Bonchev–Trinajstić information content (AvgIpc) is 2.36. The van der Waals surface area contributed by atoms with Gasteiger partial charge in [-0.25, -0.2) is 0 Å². The molecule has 0 aliphatic rings. The monoisotopic (exact) mass is 317 g/mol. The van der Waals surface area contributed by atoms with Crippen molar-refractivity contribution in [2.45, 2.75) is 26.3 Å². The van der Waals surface area contributed by atoms with Gasteiger partial charge in [-0.05, 0) is 50.6 Å². The van der Waals surface area contributed by atoms with Crippen LogP contribution in [0.2, 0.25) is 0 Å². The maximum Gasteiger partial charge on any atom is 0.0358 e. The normalized spacial score (nSPS) is 12.4. The third kappa shape index (κ3) is 3.92. The summed E-state index contributed by atoms with van der Waals surface area (Å²) in [5.74, 6) is 0. The summed E-state index contributed by atoms with van der Waals surface area (Å²) in [6.45, 7) is 4.31. The van der Waals surface area contributed by atoms with Crippen LogP contribution in [0.1, 0.15) is 28.3 Å². The van der Waals surface area contributed by atoms with Crippen molar-refractivity contribution in [3.8, 4) is 0 Å². The van der Waals surface area contributed by atoms with E-state index in [0.29, 0.717) is 6.04 Å². The Morgan fingerprint density at radius 3 is 2.11 bits per heavy atom. The lowest BCUT2D eigenvalue weighted by Gasteiger charge is -2.17. The molecule has 100 valence electrons. The standard InChI is InChI=1S/C17H20BrN/c1-12-8-13(2)10-14(9-12)11-17(19-3)15-4-6-16(18)7-5-15/h4-10,17,19H,11H2,1-3H3. The van der Waals surface area contributed by atoms with Crippen LogP contribution in [0.25, 0.3) is 0 Å². The minimum absolute atomic E-state index is 0.356. The highest BCUT2D eigenvalue weighted by Crippen LogP contribution is 2.21. The molecule has 1 N–H and O–H groups in total. The van der Waals surface area contributed by atoms with Gasteiger partial charge in [-0.1, -0.05) is 57.4 Å². The molecule has 0 fully saturated rings. The van der Waals surface area contributed by atoms with Crippen molar-refractivity contribution in [2.24, 2.45) is 0 Å². The van der Waals surface area contributed by atoms with E-state index in [9.17, 15) is 0 Å². The van der Waals surface area contributed by atoms with E-state index in [1.165, 1.54) is 22.3 Å². The van der Waals surface area contributed by atoms with Crippen LogP contribution in [-0.2, 0) is 6.42 Å². The number of benzene rings is 2. The van der Waals surface area contributed by atoms with Gasteiger partial charge in [0.1, 0.15) is 0 Å². The van der Waals surface area contributed by atoms with E-state index < -0.39 is 0 Å². The molecule has 2 aromatic carbocycles. The van der Waals surface area contributed by atoms with Gasteiger partial charge in [0, 0.05) is 10.5 Å². The second kappa shape index (κ2) is 6.36. The maximum absolute atomic E-state index is 3.48. The largest absolute Gasteiger partial charge is 0.313 e. The Morgan fingerprint density at radius 1 is 1.00 bits per heavy atom. The van der Waals surface area contributed by atoms with Crippen LogP contribution in [0.4, 0.5) is 0 Å². The van der Waals surface area contributed by atoms with Crippen LogP contribution in [0.15, 0.2) is 46.9 Å². The summed E-state index contributed by atoms with van der Waals surface area (Å²) < 4.78 is 1.12. The van der Waals surface area contributed by atoms with E-state index in [1.54, 1.807) is 0 Å². The van der Waals surface area contributed by atoms with Crippen molar-refractivity contribution < 1.29 is 0 Å². The van der Waals surface area contributed by atoms with Crippen molar-refractivity contribution in [2.75, 3.05) is 7.05 Å². The quantitative estimate of drug-likeness (QED) is 0.871. The smallest absolute Gasteiger partial charge is 0.0358 e. The van der Waals surface area contributed by atoms with Gasteiger partial charge < -0.3 is 5.32 Å². The number of hydrogen-bond acceptors (Lipinski definition) is 1. The number of likely N-dealkylation sites (N-methyl/N-ethyl adjacent to an activating group) is 1. The second-order valence-corrected chi connectivity index (χ2v) is 6.01. The van der Waals surface area contributed by atoms with E-state index in [4.69, 9.17) is 0 Å². The van der Waals surface area contributed by atoms with Gasteiger partial charge in [-0.15, -0.1) is 0 Å². The van der Waals surface area contributed by atoms with Crippen molar-refractivity contribution in [1.29, 1.82) is 0 Å². The fraction of sp³-hybridized carbons (Fsp3) is 0.294. The fourth-order valence-electron chi connectivity index (χ4n) is 2.50. The molecule has 2 rings (SSSR count). The highest BCUT2D eigenvalue weighted by atomic mass is 79.9. The van der Waals surface area contributed by atoms with Crippen LogP contribution in [0, 0.1) is 13.8 Å². The zero-order valence-electron chi connectivity index (χ0n) is 11.7. The van der Waals surface area contributed by atoms with E-state index in [2.05, 4.69) is 77.6 Å². The Morgan fingerprint density at radius 2 is 1.58 bits per heavy atom. The number of rotatable bonds is 4. The molecule has 0 aliphatic heterocycles. The lowest BCUT2D eigenvalue weighted by Crippen LogP contribution is -2.18. The van der Waals surface area contributed by atoms with E-state index >= 15 is 0 Å². The van der Waals surface area contributed by atoms with Gasteiger partial charge in [0.25, 0.3) is 0 Å². The topological polar surface area (TPSA) is 12.0 Å². The Balaban J connectivity index is 2.21. The van der Waals surface area contributed by atoms with Crippen molar-refractivity contribution in [3.63, 3.8) is 0 Å². The molecule has 0 radical (unpaired) electrons. The molecule has 1 nitrogen and oxygen atoms in total. The second-order valence-electron chi connectivity index (χ2n) is 5.09. The maximum atomic E-state index is 3.48. The van der Waals surface area contributed by atoms with Gasteiger partial charge in [0.2, 0.25) is 0 Å². The molecular formula is C17H20BrN. The zero-order valence-corrected chi connectivity index (χ0v) is 13.3. The molecule has 2 heteroatoms. The van der Waals surface area contributed by atoms with Crippen LogP contribution in [0.3, 0.4) is 0 Å². The molecule has 0 saturated carbocycles. The molecule has 0 aliphatic carbocycles. The van der Waals surface area contributed by atoms with Crippen molar-refractivity contribution >= 4 is 15.9 Å². The number of aryl methyl sites for hydroxylation is 2. The third-order valence-corrected chi connectivity index (χ3v) is 3.87. The summed E-state index contributed by atoms with van der Waals surface area (Å²) in [5.41, 5.74) is 5.38. The zero-order chi connectivity index (χ0) is 13.8. The minimum atomic E-state index is 0.356. The lowest BCUT2D eigenvalue weighted by atomic mass is 9.97. The first-order chi connectivity index (χ1) is 9.08. The summed E-state index contributed by atoms with van der Waals surface area (Å²) >= 11 is 3.48. The van der Waals surface area contributed by atoms with Crippen LogP contribution in [-0.4, -0.2) is 7.05 Å². The Kier molecular flexibility index (Phi) is 4.78. The molecule has 0 aromatic heterocycles. The van der Waals surface area contributed by atoms with Crippen molar-refractivity contribution in [3.05, 3.63) is 69.2 Å². The first-order valence-electron chi connectivity index (χ1n) is 6.58. The lowest BCUT2D eigenvalue weighted by molar-refractivity contribution is 0.591. The average molecular weight is 318 g/mol. The number of nitrogens with one attached hydrogen (secondary N) is 1. The summed E-state index contributed by atoms with van der Waals surface area (Å²) in [4.78, 5) is 0. The highest BCUT2D eigenvalue weighted by molar-refractivity contribution is 9.10. The van der Waals surface area contributed by atoms with E-state index in [1.807, 2.05) is 7.05 Å². The van der Waals surface area contributed by atoms with E-state index in [0.717, 1.165) is 10.9 Å². The number of halogens is 1. The predicted octanol–water partition coefficient (Wildman–Crippen LogP) is 4.57. The first kappa shape index (κ1) is 14.3. The molecule has 0 heterocycles. The highest BCUT2D eigenvalue weighted by Gasteiger charge is 2.10. The molecule has 0 bridgehead atoms. The first-order valence-corrected chi connectivity index (χ1v) is 7.37. The van der Waals surface area contributed by atoms with Crippen LogP contribution in [0.5, 0.6) is 0 Å². The molecule has 19 heavy (non-hydrogen) atoms. The molecule has 0 amide bonds. The molecule has 2 aromatic rings. The molecule has 1 atom stereocenters. The fourth-order valence-corrected chi connectivity index (χ4v) is 2.77. The Bertz CT molecular complexity index is 525. The molecule has 0 saturated heterocycles. The Labute approximate surface area is 124 Å². The number of hydrogen-bond donors (Lipinski definition) is 1. The molecular weight excluding hydrogens is 298 g/mol. The summed E-state index contributed by atoms with van der Waals surface area (Å²) in [7, 11) is 2.02. The summed E-state index contributed by atoms with van der Waals surface area (Å²) in [6, 6.07) is 15.7. The molecule has 0 spiro atoms. The summed E-state index contributed by atoms with van der Waals surface area (Å²) in [5, 5.41) is 3.41. The third-order valence-electron chi connectivity index (χ3n) is 3.34. The van der Waals surface area contributed by atoms with E-state index in [-0.39, 0.29) is 0 Å². The predicted molar refractivity (Wildman–Crippen MR) is 85.6 cm³/mol. The van der Waals surface area contributed by atoms with Crippen LogP contribution < -0.4 is 5.32 Å². The van der Waals surface area contributed by atoms with Gasteiger partial charge in [0.15, 0.2) is 0 Å².